The van der Waals surface area contributed by atoms with Crippen molar-refractivity contribution in [3.63, 3.8) is 0 Å². The van der Waals surface area contributed by atoms with Gasteiger partial charge in [0.25, 0.3) is 5.91 Å². The van der Waals surface area contributed by atoms with E-state index in [1.54, 1.807) is 14.0 Å². The average Bonchev–Trinajstić information content (AvgIpc) is 3.33. The number of carboxylic acids is 1. The normalized spacial score (nSPS) is 13.0. The number of hydrogen-bond acceptors (Lipinski definition) is 5. The summed E-state index contributed by atoms with van der Waals surface area (Å²) in [7, 11) is 1.59. The van der Waals surface area contributed by atoms with Crippen LogP contribution in [0.1, 0.15) is 40.7 Å². The van der Waals surface area contributed by atoms with Crippen molar-refractivity contribution < 1.29 is 24.2 Å². The maximum Gasteiger partial charge on any atom is 0.412 e. The van der Waals surface area contributed by atoms with Crippen molar-refractivity contribution in [2.24, 2.45) is 7.05 Å². The number of carboxylic acid groups (broad SMARTS) is 1. The predicted octanol–water partition coefficient (Wildman–Crippen LogP) is 3.37. The van der Waals surface area contributed by atoms with E-state index in [2.05, 4.69) is 15.7 Å². The molecule has 33 heavy (non-hydrogen) atoms. The zero-order chi connectivity index (χ0) is 23.5. The molecule has 4 rings (SSSR count). The first-order valence-corrected chi connectivity index (χ1v) is 10.6. The number of carbonyl (C=O) groups is 3. The van der Waals surface area contributed by atoms with Crippen LogP contribution in [-0.2, 0) is 16.6 Å². The summed E-state index contributed by atoms with van der Waals surface area (Å²) in [5.74, 6) is -1.89. The van der Waals surface area contributed by atoms with Gasteiger partial charge in [-0.1, -0.05) is 55.5 Å². The number of rotatable bonds is 7. The van der Waals surface area contributed by atoms with Crippen LogP contribution in [0.4, 0.5) is 10.6 Å². The molecule has 0 unspecified atom stereocenters. The smallest absolute Gasteiger partial charge is 0.412 e. The van der Waals surface area contributed by atoms with Crippen molar-refractivity contribution in [1.82, 2.24) is 15.1 Å². The molecule has 0 saturated heterocycles. The summed E-state index contributed by atoms with van der Waals surface area (Å²) >= 11 is 0. The Hall–Kier alpha value is -4.14. The first kappa shape index (κ1) is 22.1. The average molecular weight is 448 g/mol. The number of aromatic nitrogens is 2. The van der Waals surface area contributed by atoms with Crippen molar-refractivity contribution in [3.05, 3.63) is 71.4 Å². The highest BCUT2D eigenvalue weighted by Crippen LogP contribution is 2.44. The third kappa shape index (κ3) is 4.43. The summed E-state index contributed by atoms with van der Waals surface area (Å²) in [4.78, 5) is 36.3. The Balaban J connectivity index is 1.45. The van der Waals surface area contributed by atoms with Crippen molar-refractivity contribution in [3.8, 4) is 11.1 Å². The third-order valence-electron chi connectivity index (χ3n) is 5.65. The lowest BCUT2D eigenvalue weighted by molar-refractivity contribution is -0.139. The van der Waals surface area contributed by atoms with E-state index in [1.807, 2.05) is 48.5 Å². The molecule has 9 nitrogen and oxygen atoms in total. The van der Waals surface area contributed by atoms with E-state index < -0.39 is 24.0 Å². The fourth-order valence-corrected chi connectivity index (χ4v) is 4.05. The molecule has 0 radical (unpaired) electrons. The van der Waals surface area contributed by atoms with Gasteiger partial charge in [-0.15, -0.1) is 0 Å². The van der Waals surface area contributed by atoms with Gasteiger partial charge < -0.3 is 15.2 Å². The van der Waals surface area contributed by atoms with E-state index in [9.17, 15) is 19.5 Å². The molecule has 1 aromatic heterocycles. The van der Waals surface area contributed by atoms with E-state index >= 15 is 0 Å². The lowest BCUT2D eigenvalue weighted by Crippen LogP contribution is -2.40. The Morgan fingerprint density at radius 1 is 1.09 bits per heavy atom. The molecule has 2 amide bonds. The van der Waals surface area contributed by atoms with Gasteiger partial charge in [0.1, 0.15) is 18.2 Å². The lowest BCUT2D eigenvalue weighted by Gasteiger charge is -2.15. The molecule has 0 bridgehead atoms. The second-order valence-corrected chi connectivity index (χ2v) is 7.79. The number of aryl methyl sites for hydroxylation is 1. The SMILES string of the molecule is CC[C@@H](NC(=O)c1cn(C)nc1NC(=O)OCC1c2ccccc2-c2ccccc21)C(=O)O. The molecule has 0 aliphatic heterocycles. The number of ether oxygens (including phenoxy) is 1. The van der Waals surface area contributed by atoms with Crippen molar-refractivity contribution in [2.75, 3.05) is 11.9 Å². The van der Waals surface area contributed by atoms with Crippen LogP contribution < -0.4 is 10.6 Å². The number of fused-ring (bicyclic) bond motifs is 3. The van der Waals surface area contributed by atoms with Gasteiger partial charge in [-0.2, -0.15) is 5.10 Å². The molecule has 1 heterocycles. The molecule has 1 atom stereocenters. The van der Waals surface area contributed by atoms with Crippen molar-refractivity contribution in [1.29, 1.82) is 0 Å². The number of anilines is 1. The number of nitrogens with zero attached hydrogens (tertiary/aromatic N) is 2. The van der Waals surface area contributed by atoms with E-state index in [-0.39, 0.29) is 30.3 Å². The van der Waals surface area contributed by atoms with Gasteiger partial charge in [-0.05, 0) is 28.7 Å². The van der Waals surface area contributed by atoms with Crippen LogP contribution in [0.15, 0.2) is 54.7 Å². The van der Waals surface area contributed by atoms with Gasteiger partial charge in [0, 0.05) is 19.2 Å². The second kappa shape index (κ2) is 9.15. The molecule has 170 valence electrons. The zero-order valence-corrected chi connectivity index (χ0v) is 18.2. The standard InChI is InChI=1S/C24H24N4O5/c1-3-20(23(30)31)25-22(29)18-12-28(2)27-21(18)26-24(32)33-13-19-16-10-6-4-8-14(16)15-9-5-7-11-17(15)19/h4-12,19-20H,3,13H2,1-2H3,(H,25,29)(H,30,31)(H,26,27,32)/t20-/m1/s1. The van der Waals surface area contributed by atoms with Crippen LogP contribution >= 0.6 is 0 Å². The number of nitrogens with one attached hydrogen (secondary N) is 2. The van der Waals surface area contributed by atoms with Crippen LogP contribution in [0, 0.1) is 0 Å². The molecule has 3 N–H and O–H groups in total. The number of amides is 2. The van der Waals surface area contributed by atoms with E-state index in [0.29, 0.717) is 0 Å². The molecule has 0 saturated carbocycles. The van der Waals surface area contributed by atoms with Crippen LogP contribution in [0.2, 0.25) is 0 Å². The summed E-state index contributed by atoms with van der Waals surface area (Å²) < 4.78 is 6.86. The van der Waals surface area contributed by atoms with Crippen molar-refractivity contribution in [2.45, 2.75) is 25.3 Å². The number of aliphatic carboxylic acids is 1. The quantitative estimate of drug-likeness (QED) is 0.509. The summed E-state index contributed by atoms with van der Waals surface area (Å²) in [5, 5.41) is 18.2. The fraction of sp³-hybridized carbons (Fsp3) is 0.250. The Labute approximate surface area is 190 Å². The van der Waals surface area contributed by atoms with E-state index in [0.717, 1.165) is 22.3 Å². The van der Waals surface area contributed by atoms with Crippen molar-refractivity contribution >= 4 is 23.8 Å². The summed E-state index contributed by atoms with van der Waals surface area (Å²) in [5.41, 5.74) is 4.46. The van der Waals surface area contributed by atoms with E-state index in [1.165, 1.54) is 10.9 Å². The fourth-order valence-electron chi connectivity index (χ4n) is 4.05. The molecule has 0 fully saturated rings. The van der Waals surface area contributed by atoms with Gasteiger partial charge >= 0.3 is 12.1 Å². The van der Waals surface area contributed by atoms with E-state index in [4.69, 9.17) is 4.74 Å². The highest BCUT2D eigenvalue weighted by atomic mass is 16.5. The number of benzene rings is 2. The first-order valence-electron chi connectivity index (χ1n) is 10.6. The largest absolute Gasteiger partial charge is 0.480 e. The molecular formula is C24H24N4O5. The molecule has 2 aromatic carbocycles. The van der Waals surface area contributed by atoms with Gasteiger partial charge in [-0.3, -0.25) is 14.8 Å². The van der Waals surface area contributed by atoms with Gasteiger partial charge in [-0.25, -0.2) is 9.59 Å². The minimum absolute atomic E-state index is 0.00698. The Morgan fingerprint density at radius 2 is 1.70 bits per heavy atom. The van der Waals surface area contributed by atoms with Gasteiger partial charge in [0.2, 0.25) is 0 Å². The van der Waals surface area contributed by atoms with Crippen LogP contribution in [0.3, 0.4) is 0 Å². The second-order valence-electron chi connectivity index (χ2n) is 7.79. The minimum atomic E-state index is -1.14. The van der Waals surface area contributed by atoms with Crippen LogP contribution in [0.5, 0.6) is 0 Å². The Kier molecular flexibility index (Phi) is 6.12. The molecule has 3 aromatic rings. The minimum Gasteiger partial charge on any atom is -0.480 e. The summed E-state index contributed by atoms with van der Waals surface area (Å²) in [6.07, 6.45) is 0.870. The van der Waals surface area contributed by atoms with Crippen LogP contribution in [0.25, 0.3) is 11.1 Å². The lowest BCUT2D eigenvalue weighted by atomic mass is 9.98. The molecule has 9 heteroatoms. The Bertz CT molecular complexity index is 1170. The molecule has 1 aliphatic carbocycles. The van der Waals surface area contributed by atoms with Gasteiger partial charge in [0.05, 0.1) is 0 Å². The summed E-state index contributed by atoms with van der Waals surface area (Å²) in [6, 6.07) is 15.0. The van der Waals surface area contributed by atoms with Crippen LogP contribution in [-0.4, -0.2) is 45.5 Å². The molecular weight excluding hydrogens is 424 g/mol. The summed E-state index contributed by atoms with van der Waals surface area (Å²) in [6.45, 7) is 1.77. The zero-order valence-electron chi connectivity index (χ0n) is 18.2. The number of hydrogen-bond donors (Lipinski definition) is 3. The maximum atomic E-state index is 12.6. The Morgan fingerprint density at radius 3 is 2.27 bits per heavy atom. The highest BCUT2D eigenvalue weighted by molar-refractivity contribution is 6.02. The highest BCUT2D eigenvalue weighted by Gasteiger charge is 2.29. The number of carbonyl (C=O) groups excluding carboxylic acids is 2. The molecule has 1 aliphatic rings. The maximum absolute atomic E-state index is 12.6. The first-order chi connectivity index (χ1) is 15.9. The van der Waals surface area contributed by atoms with Gasteiger partial charge in [0.15, 0.2) is 5.82 Å². The topological polar surface area (TPSA) is 123 Å². The predicted molar refractivity (Wildman–Crippen MR) is 121 cm³/mol. The monoisotopic (exact) mass is 448 g/mol. The molecule has 0 spiro atoms. The third-order valence-corrected chi connectivity index (χ3v) is 5.65.